The molecule has 1 aliphatic rings. The molecule has 0 aromatic heterocycles. The molecule has 2 rings (SSSR count). The van der Waals surface area contributed by atoms with Crippen molar-refractivity contribution in [2.24, 2.45) is 0 Å². The standard InChI is InChI=1S/C80H144N6O14/c1-8-12-14-16-18-20-22-24-26-28-30-32-34-36-38-43-56-80(57-44-39-37-35-33-31-29-27-25-23-21-19-17-15-13-9-2)98-63-68(100-80)55-61-86(7)60-46-40-41-48-71(87)83-64-78(5,10-3)99-65-79(6,11-4)97-62-59-82-74(91)67-51-49-66(50-52-67)73(90)81-58-45-42-47-69(75(92)93)84-77(96)85-70(76(94)95)53-54-72(88)89/h49-52,68-70H,8-48,53-65H2,1-7H3,(H,81,90)(H,82,91)(H,83,87)(H,88,89)(H,92,93)(H,94,95)(H2,84,85,96). The molecule has 0 spiro atoms. The Kier molecular flexibility index (Phi) is 52.4. The van der Waals surface area contributed by atoms with Crippen LogP contribution in [0.2, 0.25) is 0 Å². The van der Waals surface area contributed by atoms with Crippen LogP contribution in [0.25, 0.3) is 0 Å². The zero-order chi connectivity index (χ0) is 73.4. The second-order valence-electron chi connectivity index (χ2n) is 29.4. The first-order valence-electron chi connectivity index (χ1n) is 40.2. The number of nitrogens with zero attached hydrogens (tertiary/aromatic N) is 1. The van der Waals surface area contributed by atoms with Gasteiger partial charge in [0, 0.05) is 63.0 Å². The smallest absolute Gasteiger partial charge is 0.326 e. The number of carbonyl (C=O) groups is 7. The number of ether oxygens (including phenoxy) is 4. The van der Waals surface area contributed by atoms with Gasteiger partial charge in [0.15, 0.2) is 5.79 Å². The van der Waals surface area contributed by atoms with Crippen molar-refractivity contribution in [2.75, 3.05) is 59.6 Å². The van der Waals surface area contributed by atoms with Gasteiger partial charge in [-0.05, 0) is 122 Å². The average molecular weight is 1410 g/mol. The monoisotopic (exact) mass is 1410 g/mol. The summed E-state index contributed by atoms with van der Waals surface area (Å²) in [5.41, 5.74) is -0.582. The average Bonchev–Trinajstić information content (AvgIpc) is 1.66. The van der Waals surface area contributed by atoms with Gasteiger partial charge in [0.2, 0.25) is 5.91 Å². The number of rotatable bonds is 68. The molecule has 578 valence electrons. The third kappa shape index (κ3) is 46.0. The number of nitrogens with one attached hydrogen (secondary N) is 5. The van der Waals surface area contributed by atoms with Gasteiger partial charge in [-0.1, -0.05) is 227 Å². The van der Waals surface area contributed by atoms with E-state index in [1.165, 1.54) is 230 Å². The molecular weight excluding hydrogens is 1270 g/mol. The van der Waals surface area contributed by atoms with Crippen molar-refractivity contribution in [3.8, 4) is 0 Å². The molecule has 8 N–H and O–H groups in total. The normalized spacial score (nSPS) is 15.4. The fraction of sp³-hybridized carbons (Fsp3) is 0.838. The highest BCUT2D eigenvalue weighted by Crippen LogP contribution is 2.36. The van der Waals surface area contributed by atoms with Crippen LogP contribution in [0.5, 0.6) is 0 Å². The fourth-order valence-corrected chi connectivity index (χ4v) is 12.8. The first-order chi connectivity index (χ1) is 48.2. The van der Waals surface area contributed by atoms with Crippen molar-refractivity contribution in [1.29, 1.82) is 0 Å². The van der Waals surface area contributed by atoms with E-state index < -0.39 is 65.3 Å². The predicted molar refractivity (Wildman–Crippen MR) is 401 cm³/mol. The van der Waals surface area contributed by atoms with Gasteiger partial charge in [0.25, 0.3) is 11.8 Å². The van der Waals surface area contributed by atoms with E-state index in [-0.39, 0.29) is 50.5 Å². The quantitative estimate of drug-likeness (QED) is 0.0282. The Balaban J connectivity index is 1.68. The maximum atomic E-state index is 13.1. The minimum Gasteiger partial charge on any atom is -0.481 e. The van der Waals surface area contributed by atoms with Gasteiger partial charge in [-0.25, -0.2) is 14.4 Å². The highest BCUT2D eigenvalue weighted by molar-refractivity contribution is 5.97. The van der Waals surface area contributed by atoms with E-state index in [2.05, 4.69) is 52.4 Å². The Bertz CT molecular complexity index is 2280. The summed E-state index contributed by atoms with van der Waals surface area (Å²) in [6, 6.07) is 2.21. The number of carboxylic acid groups (broad SMARTS) is 3. The summed E-state index contributed by atoms with van der Waals surface area (Å²) in [6.45, 7) is 16.6. The van der Waals surface area contributed by atoms with Crippen molar-refractivity contribution in [3.63, 3.8) is 0 Å². The van der Waals surface area contributed by atoms with E-state index in [0.717, 1.165) is 51.6 Å². The summed E-state index contributed by atoms with van der Waals surface area (Å²) in [4.78, 5) is 87.6. The van der Waals surface area contributed by atoms with E-state index in [1.807, 2.05) is 27.7 Å². The van der Waals surface area contributed by atoms with Gasteiger partial charge < -0.3 is 65.8 Å². The fourth-order valence-electron chi connectivity index (χ4n) is 12.8. The van der Waals surface area contributed by atoms with Gasteiger partial charge in [-0.2, -0.15) is 0 Å². The van der Waals surface area contributed by atoms with Crippen LogP contribution in [-0.4, -0.2) is 157 Å². The Morgan fingerprint density at radius 3 is 1.38 bits per heavy atom. The lowest BCUT2D eigenvalue weighted by Gasteiger charge is -2.35. The maximum absolute atomic E-state index is 13.1. The van der Waals surface area contributed by atoms with Crippen LogP contribution in [0, 0.1) is 0 Å². The zero-order valence-corrected chi connectivity index (χ0v) is 64.0. The summed E-state index contributed by atoms with van der Waals surface area (Å²) < 4.78 is 26.4. The van der Waals surface area contributed by atoms with Crippen molar-refractivity contribution in [3.05, 3.63) is 35.4 Å². The molecule has 5 amide bonds. The molecular formula is C80H144N6O14. The van der Waals surface area contributed by atoms with E-state index in [9.17, 15) is 43.8 Å². The van der Waals surface area contributed by atoms with E-state index in [4.69, 9.17) is 24.1 Å². The Morgan fingerprint density at radius 1 is 0.510 bits per heavy atom. The summed E-state index contributed by atoms with van der Waals surface area (Å²) in [5.74, 6) is -5.18. The first-order valence-corrected chi connectivity index (χ1v) is 40.2. The predicted octanol–water partition coefficient (Wildman–Crippen LogP) is 17.2. The van der Waals surface area contributed by atoms with Crippen LogP contribution < -0.4 is 26.6 Å². The lowest BCUT2D eigenvalue weighted by molar-refractivity contribution is -0.180. The molecule has 1 heterocycles. The summed E-state index contributed by atoms with van der Waals surface area (Å²) in [5, 5.41) is 40.7. The van der Waals surface area contributed by atoms with Crippen LogP contribution in [0.15, 0.2) is 24.3 Å². The highest BCUT2D eigenvalue weighted by atomic mass is 16.7. The second-order valence-corrected chi connectivity index (χ2v) is 29.4. The Labute approximate surface area is 605 Å². The zero-order valence-electron chi connectivity index (χ0n) is 64.0. The minimum atomic E-state index is -1.51. The van der Waals surface area contributed by atoms with Crippen LogP contribution >= 0.6 is 0 Å². The summed E-state index contributed by atoms with van der Waals surface area (Å²) >= 11 is 0. The molecule has 0 saturated carbocycles. The molecule has 1 aliphatic heterocycles. The van der Waals surface area contributed by atoms with E-state index in [0.29, 0.717) is 63.0 Å². The molecule has 1 aromatic carbocycles. The van der Waals surface area contributed by atoms with Crippen molar-refractivity contribution in [2.45, 2.75) is 372 Å². The van der Waals surface area contributed by atoms with Gasteiger partial charge in [0.1, 0.15) is 12.1 Å². The molecule has 5 unspecified atom stereocenters. The molecule has 100 heavy (non-hydrogen) atoms. The number of unbranched alkanes of at least 4 members (excludes halogenated alkanes) is 33. The Morgan fingerprint density at radius 2 is 0.940 bits per heavy atom. The van der Waals surface area contributed by atoms with Crippen molar-refractivity contribution >= 4 is 41.7 Å². The molecule has 1 aromatic rings. The third-order valence-corrected chi connectivity index (χ3v) is 20.2. The number of aliphatic carboxylic acids is 3. The van der Waals surface area contributed by atoms with Crippen LogP contribution in [-0.2, 0) is 38.1 Å². The van der Waals surface area contributed by atoms with E-state index in [1.54, 1.807) is 0 Å². The summed E-state index contributed by atoms with van der Waals surface area (Å²) in [7, 11) is 2.20. The van der Waals surface area contributed by atoms with Crippen molar-refractivity contribution in [1.82, 2.24) is 31.5 Å². The van der Waals surface area contributed by atoms with Gasteiger partial charge >= 0.3 is 23.9 Å². The topological polar surface area (TPSA) is 280 Å². The number of carboxylic acids is 3. The molecule has 0 aliphatic carbocycles. The third-order valence-electron chi connectivity index (χ3n) is 20.2. The number of carbonyl (C=O) groups excluding carboxylic acids is 4. The Hall–Kier alpha value is -4.89. The van der Waals surface area contributed by atoms with Gasteiger partial charge in [-0.15, -0.1) is 0 Å². The number of amides is 5. The van der Waals surface area contributed by atoms with E-state index >= 15 is 0 Å². The number of benzene rings is 1. The molecule has 0 radical (unpaired) electrons. The second kappa shape index (κ2) is 57.5. The first kappa shape index (κ1) is 91.2. The lowest BCUT2D eigenvalue weighted by Crippen LogP contribution is -2.51. The summed E-state index contributed by atoms with van der Waals surface area (Å²) in [6.07, 6.45) is 51.4. The van der Waals surface area contributed by atoms with Crippen molar-refractivity contribution < 1.29 is 67.8 Å². The number of hydrogen-bond donors (Lipinski definition) is 8. The molecule has 1 fully saturated rings. The minimum absolute atomic E-state index is 0.0140. The number of urea groups is 1. The number of hydrogen-bond acceptors (Lipinski definition) is 12. The van der Waals surface area contributed by atoms with Crippen LogP contribution in [0.1, 0.15) is 358 Å². The molecule has 20 heteroatoms. The molecule has 1 saturated heterocycles. The van der Waals surface area contributed by atoms with Gasteiger partial charge in [-0.3, -0.25) is 19.2 Å². The maximum Gasteiger partial charge on any atom is 0.326 e. The molecule has 20 nitrogen and oxygen atoms in total. The lowest BCUT2D eigenvalue weighted by atomic mass is 9.98. The largest absolute Gasteiger partial charge is 0.481 e. The molecule has 0 bridgehead atoms. The molecule has 5 atom stereocenters. The van der Waals surface area contributed by atoms with Crippen LogP contribution in [0.4, 0.5) is 4.79 Å². The van der Waals surface area contributed by atoms with Gasteiger partial charge in [0.05, 0.1) is 37.1 Å². The highest BCUT2D eigenvalue weighted by Gasteiger charge is 2.40. The SMILES string of the molecule is CCCCCCCCCCCCCCCCCCC1(CCCCCCCCCCCCCCCCCC)OCC(CCN(C)CCCCCC(=O)NCC(C)(CC)OCC(C)(CC)OCCNC(=O)c2ccc(C(=O)NCCCCC(NC(=O)NC(CCC(=O)O)C(=O)O)C(=O)O)cc2)O1. The van der Waals surface area contributed by atoms with Crippen LogP contribution in [0.3, 0.4) is 0 Å².